The largest absolute Gasteiger partial charge is 0.444 e. The fraction of sp³-hybridized carbons (Fsp3) is 0.529. The summed E-state index contributed by atoms with van der Waals surface area (Å²) in [5.74, 6) is -0.388. The Morgan fingerprint density at radius 1 is 1.35 bits per heavy atom. The lowest BCUT2D eigenvalue weighted by Gasteiger charge is -2.22. The number of alkyl carbamates (subject to hydrolysis) is 1. The third kappa shape index (κ3) is 5.54. The zero-order valence-electron chi connectivity index (χ0n) is 13.9. The molecular formula is C17H24FN3O2. The van der Waals surface area contributed by atoms with Crippen LogP contribution in [0.3, 0.4) is 0 Å². The number of benzene rings is 1. The summed E-state index contributed by atoms with van der Waals surface area (Å²) in [7, 11) is 0. The van der Waals surface area contributed by atoms with Crippen LogP contribution in [0.1, 0.15) is 45.2 Å². The summed E-state index contributed by atoms with van der Waals surface area (Å²) in [6.07, 6.45) is 3.16. The van der Waals surface area contributed by atoms with Gasteiger partial charge in [-0.2, -0.15) is 5.10 Å². The zero-order chi connectivity index (χ0) is 16.9. The molecular weight excluding hydrogens is 297 g/mol. The van der Waals surface area contributed by atoms with Gasteiger partial charge in [-0.25, -0.2) is 9.18 Å². The van der Waals surface area contributed by atoms with Gasteiger partial charge in [0.25, 0.3) is 0 Å². The third-order valence-electron chi connectivity index (χ3n) is 3.37. The molecule has 1 heterocycles. The van der Waals surface area contributed by atoms with Crippen LogP contribution in [0, 0.1) is 5.82 Å². The number of nitrogens with zero attached hydrogens (tertiary/aromatic N) is 2. The highest BCUT2D eigenvalue weighted by Crippen LogP contribution is 2.17. The Morgan fingerprint density at radius 3 is 2.61 bits per heavy atom. The van der Waals surface area contributed by atoms with Crippen LogP contribution in [0.15, 0.2) is 29.4 Å². The standard InChI is InChI=1S/C17H24FN3O2/c1-17(2,3)23-16(22)20-15(12-19-21-10-6-7-11-21)13-8-4-5-9-14(13)18/h4-5,8-9,12,15H,6-7,10-11H2,1-3H3,(H,20,22)/b19-12+/t15-/m1/s1. The van der Waals surface area contributed by atoms with E-state index in [2.05, 4.69) is 10.4 Å². The maximum absolute atomic E-state index is 14.1. The average Bonchev–Trinajstić information content (AvgIpc) is 2.95. The number of hydrogen-bond acceptors (Lipinski definition) is 4. The second-order valence-corrected chi connectivity index (χ2v) is 6.57. The van der Waals surface area contributed by atoms with E-state index < -0.39 is 17.7 Å². The van der Waals surface area contributed by atoms with Gasteiger partial charge in [-0.3, -0.25) is 5.01 Å². The molecule has 0 aliphatic carbocycles. The van der Waals surface area contributed by atoms with Gasteiger partial charge in [0.05, 0.1) is 12.3 Å². The monoisotopic (exact) mass is 321 g/mol. The summed E-state index contributed by atoms with van der Waals surface area (Å²) in [4.78, 5) is 12.0. The molecule has 0 bridgehead atoms. The highest BCUT2D eigenvalue weighted by Gasteiger charge is 2.21. The molecule has 0 radical (unpaired) electrons. The molecule has 1 saturated heterocycles. The van der Waals surface area contributed by atoms with Crippen LogP contribution in [0.25, 0.3) is 0 Å². The quantitative estimate of drug-likeness (QED) is 0.864. The molecule has 1 aromatic rings. The van der Waals surface area contributed by atoms with Gasteiger partial charge in [-0.05, 0) is 39.7 Å². The van der Waals surface area contributed by atoms with E-state index in [0.29, 0.717) is 5.56 Å². The van der Waals surface area contributed by atoms with Gasteiger partial charge in [-0.1, -0.05) is 18.2 Å². The van der Waals surface area contributed by atoms with Crippen molar-refractivity contribution in [2.24, 2.45) is 5.10 Å². The Labute approximate surface area is 136 Å². The maximum atomic E-state index is 14.1. The summed E-state index contributed by atoms with van der Waals surface area (Å²) in [6, 6.07) is 5.66. The Bertz CT molecular complexity index is 563. The molecule has 1 atom stereocenters. The van der Waals surface area contributed by atoms with Crippen molar-refractivity contribution in [1.82, 2.24) is 10.3 Å². The Balaban J connectivity index is 2.14. The molecule has 6 heteroatoms. The van der Waals surface area contributed by atoms with Gasteiger partial charge in [0, 0.05) is 18.7 Å². The van der Waals surface area contributed by atoms with Crippen molar-refractivity contribution in [2.45, 2.75) is 45.3 Å². The van der Waals surface area contributed by atoms with E-state index in [1.807, 2.05) is 5.01 Å². The summed E-state index contributed by atoms with van der Waals surface area (Å²) in [5.41, 5.74) is -0.253. The van der Waals surface area contributed by atoms with Crippen LogP contribution in [0.4, 0.5) is 9.18 Å². The van der Waals surface area contributed by atoms with E-state index in [0.717, 1.165) is 25.9 Å². The minimum absolute atomic E-state index is 0.362. The Hall–Kier alpha value is -2.11. The highest BCUT2D eigenvalue weighted by molar-refractivity contribution is 5.76. The topological polar surface area (TPSA) is 53.9 Å². The number of amides is 1. The Morgan fingerprint density at radius 2 is 2.00 bits per heavy atom. The number of carbonyl (C=O) groups excluding carboxylic acids is 1. The van der Waals surface area contributed by atoms with Crippen LogP contribution in [-0.2, 0) is 4.74 Å². The first-order valence-corrected chi connectivity index (χ1v) is 7.88. The number of nitrogens with one attached hydrogen (secondary N) is 1. The van der Waals surface area contributed by atoms with Gasteiger partial charge in [0.15, 0.2) is 0 Å². The van der Waals surface area contributed by atoms with Crippen molar-refractivity contribution in [2.75, 3.05) is 13.1 Å². The first-order valence-electron chi connectivity index (χ1n) is 7.88. The zero-order valence-corrected chi connectivity index (χ0v) is 13.9. The average molecular weight is 321 g/mol. The number of hydrazone groups is 1. The SMILES string of the molecule is CC(C)(C)OC(=O)N[C@H](/C=N/N1CCCC1)c1ccccc1F. The lowest BCUT2D eigenvalue weighted by Crippen LogP contribution is -2.36. The number of hydrogen-bond donors (Lipinski definition) is 1. The fourth-order valence-corrected chi connectivity index (χ4v) is 2.33. The van der Waals surface area contributed by atoms with E-state index >= 15 is 0 Å². The molecule has 1 aromatic carbocycles. The van der Waals surface area contributed by atoms with Crippen molar-refractivity contribution in [1.29, 1.82) is 0 Å². The molecule has 1 N–H and O–H groups in total. The number of rotatable bonds is 4. The van der Waals surface area contributed by atoms with Crippen molar-refractivity contribution in [3.05, 3.63) is 35.6 Å². The molecule has 1 fully saturated rings. The lowest BCUT2D eigenvalue weighted by molar-refractivity contribution is 0.0517. The van der Waals surface area contributed by atoms with Gasteiger partial charge < -0.3 is 10.1 Å². The first-order chi connectivity index (χ1) is 10.8. The molecule has 0 unspecified atom stereocenters. The maximum Gasteiger partial charge on any atom is 0.408 e. The van der Waals surface area contributed by atoms with Crippen LogP contribution < -0.4 is 5.32 Å². The summed E-state index contributed by atoms with van der Waals surface area (Å²) < 4.78 is 19.3. The van der Waals surface area contributed by atoms with E-state index in [-0.39, 0.29) is 5.82 Å². The highest BCUT2D eigenvalue weighted by atomic mass is 19.1. The molecule has 2 rings (SSSR count). The molecule has 1 aliphatic rings. The molecule has 0 aromatic heterocycles. The normalized spacial score (nSPS) is 16.6. The second-order valence-electron chi connectivity index (χ2n) is 6.57. The van der Waals surface area contributed by atoms with Crippen molar-refractivity contribution >= 4 is 12.3 Å². The van der Waals surface area contributed by atoms with Crippen molar-refractivity contribution in [3.8, 4) is 0 Å². The van der Waals surface area contributed by atoms with Gasteiger partial charge in [-0.15, -0.1) is 0 Å². The van der Waals surface area contributed by atoms with Crippen LogP contribution in [0.2, 0.25) is 0 Å². The minimum Gasteiger partial charge on any atom is -0.444 e. The van der Waals surface area contributed by atoms with E-state index in [1.54, 1.807) is 45.2 Å². The van der Waals surface area contributed by atoms with Crippen molar-refractivity contribution in [3.63, 3.8) is 0 Å². The van der Waals surface area contributed by atoms with E-state index in [9.17, 15) is 9.18 Å². The lowest BCUT2D eigenvalue weighted by atomic mass is 10.1. The molecule has 23 heavy (non-hydrogen) atoms. The predicted molar refractivity (Wildman–Crippen MR) is 87.8 cm³/mol. The second kappa shape index (κ2) is 7.44. The number of carbonyl (C=O) groups is 1. The number of halogens is 1. The predicted octanol–water partition coefficient (Wildman–Crippen LogP) is 3.47. The smallest absolute Gasteiger partial charge is 0.408 e. The molecule has 5 nitrogen and oxygen atoms in total. The van der Waals surface area contributed by atoms with E-state index in [1.165, 1.54) is 6.07 Å². The summed E-state index contributed by atoms with van der Waals surface area (Å²) in [5, 5.41) is 8.96. The van der Waals surface area contributed by atoms with E-state index in [4.69, 9.17) is 4.74 Å². The van der Waals surface area contributed by atoms with Crippen molar-refractivity contribution < 1.29 is 13.9 Å². The van der Waals surface area contributed by atoms with Gasteiger partial charge >= 0.3 is 6.09 Å². The molecule has 0 spiro atoms. The van der Waals surface area contributed by atoms with Crippen LogP contribution in [0.5, 0.6) is 0 Å². The first kappa shape index (κ1) is 17.2. The minimum atomic E-state index is -0.674. The van der Waals surface area contributed by atoms with Crippen LogP contribution in [-0.4, -0.2) is 36.0 Å². The van der Waals surface area contributed by atoms with Gasteiger partial charge in [0.1, 0.15) is 11.4 Å². The fourth-order valence-electron chi connectivity index (χ4n) is 2.33. The molecule has 1 aliphatic heterocycles. The molecule has 1 amide bonds. The van der Waals surface area contributed by atoms with Gasteiger partial charge in [0.2, 0.25) is 0 Å². The van der Waals surface area contributed by atoms with Crippen LogP contribution >= 0.6 is 0 Å². The summed E-state index contributed by atoms with van der Waals surface area (Å²) >= 11 is 0. The molecule has 0 saturated carbocycles. The number of ether oxygens (including phenoxy) is 1. The molecule has 126 valence electrons. The third-order valence-corrected chi connectivity index (χ3v) is 3.37. The summed E-state index contributed by atoms with van der Waals surface area (Å²) in [6.45, 7) is 7.11. The Kier molecular flexibility index (Phi) is 5.58.